The molecule has 43 heavy (non-hydrogen) atoms. The average Bonchev–Trinajstić information content (AvgIpc) is 3.37. The summed E-state index contributed by atoms with van der Waals surface area (Å²) in [6.45, 7) is 5.29. The molecule has 1 saturated heterocycles. The number of ether oxygens (including phenoxy) is 1. The Labute approximate surface area is 250 Å². The molecule has 228 valence electrons. The van der Waals surface area contributed by atoms with Gasteiger partial charge in [0.15, 0.2) is 0 Å². The van der Waals surface area contributed by atoms with Gasteiger partial charge in [0.25, 0.3) is 0 Å². The maximum absolute atomic E-state index is 13.6. The third kappa shape index (κ3) is 8.67. The molecule has 4 rings (SSSR count). The molecule has 0 aliphatic carbocycles. The molecule has 4 atom stereocenters. The lowest BCUT2D eigenvalue weighted by Gasteiger charge is -2.29. The Morgan fingerprint density at radius 1 is 0.930 bits per heavy atom. The Hall–Kier alpha value is -4.67. The number of aromatic nitrogens is 1. The summed E-state index contributed by atoms with van der Waals surface area (Å²) in [6.07, 6.45) is 1.07. The third-order valence-electron chi connectivity index (χ3n) is 7.29. The second-order valence-corrected chi connectivity index (χ2v) is 11.3. The van der Waals surface area contributed by atoms with Crippen LogP contribution in [0.5, 0.6) is 0 Å². The molecule has 0 spiro atoms. The minimum atomic E-state index is -1.25. The zero-order valence-electron chi connectivity index (χ0n) is 24.6. The molecule has 3 aromatic rings. The van der Waals surface area contributed by atoms with E-state index in [1.807, 2.05) is 44.2 Å². The molecule has 2 heterocycles. The van der Waals surface area contributed by atoms with Crippen LogP contribution in [0, 0.1) is 5.92 Å². The summed E-state index contributed by atoms with van der Waals surface area (Å²) in [5.41, 5.74) is 2.48. The molecular weight excluding hydrogens is 550 g/mol. The fourth-order valence-electron chi connectivity index (χ4n) is 5.11. The fraction of sp³-hybridized carbons (Fsp3) is 0.406. The predicted molar refractivity (Wildman–Crippen MR) is 161 cm³/mol. The number of esters is 1. The van der Waals surface area contributed by atoms with Crippen molar-refractivity contribution in [3.8, 4) is 0 Å². The SMILES string of the molecule is CC(C)CC1NC(=O)C(NC(=O)Cc2ccccc2)C(C)OC(=O)CCNC(=O)C(Cc2c[nH]c3ccccc23)NC1=O. The van der Waals surface area contributed by atoms with Crippen LogP contribution in [-0.4, -0.2) is 65.4 Å². The average molecular weight is 590 g/mol. The number of hydrogen-bond donors (Lipinski definition) is 5. The Morgan fingerprint density at radius 3 is 2.37 bits per heavy atom. The zero-order chi connectivity index (χ0) is 30.9. The monoisotopic (exact) mass is 589 g/mol. The molecule has 1 aromatic heterocycles. The first-order chi connectivity index (χ1) is 20.6. The number of carbonyl (C=O) groups excluding carboxylic acids is 5. The number of nitrogens with one attached hydrogen (secondary N) is 5. The van der Waals surface area contributed by atoms with Crippen molar-refractivity contribution >= 4 is 40.5 Å². The highest BCUT2D eigenvalue weighted by atomic mass is 16.5. The highest BCUT2D eigenvalue weighted by Gasteiger charge is 2.34. The number of H-pyrrole nitrogens is 1. The molecule has 1 aliphatic rings. The number of aromatic amines is 1. The molecule has 2 aromatic carbocycles. The van der Waals surface area contributed by atoms with Crippen LogP contribution in [0.4, 0.5) is 0 Å². The number of carbonyl (C=O) groups is 5. The normalized spacial score (nSPS) is 22.2. The summed E-state index contributed by atoms with van der Waals surface area (Å²) in [5, 5.41) is 11.9. The summed E-state index contributed by atoms with van der Waals surface area (Å²) in [5.74, 6) is -2.73. The van der Waals surface area contributed by atoms with Gasteiger partial charge in [0.2, 0.25) is 23.6 Å². The number of rotatable bonds is 7. The van der Waals surface area contributed by atoms with Crippen LogP contribution >= 0.6 is 0 Å². The summed E-state index contributed by atoms with van der Waals surface area (Å²) >= 11 is 0. The lowest BCUT2D eigenvalue weighted by Crippen LogP contribution is -2.60. The zero-order valence-corrected chi connectivity index (χ0v) is 24.6. The van der Waals surface area contributed by atoms with Crippen molar-refractivity contribution in [1.29, 1.82) is 0 Å². The maximum Gasteiger partial charge on any atom is 0.307 e. The van der Waals surface area contributed by atoms with Crippen molar-refractivity contribution in [2.24, 2.45) is 5.92 Å². The minimum absolute atomic E-state index is 0.0113. The first kappa shape index (κ1) is 31.3. The molecule has 11 heteroatoms. The van der Waals surface area contributed by atoms with Gasteiger partial charge in [-0.3, -0.25) is 24.0 Å². The summed E-state index contributed by atoms with van der Waals surface area (Å²) in [7, 11) is 0. The van der Waals surface area contributed by atoms with Crippen molar-refractivity contribution in [2.45, 2.75) is 70.7 Å². The van der Waals surface area contributed by atoms with E-state index in [1.165, 1.54) is 6.92 Å². The van der Waals surface area contributed by atoms with Crippen LogP contribution in [0.25, 0.3) is 10.9 Å². The molecule has 0 saturated carbocycles. The standard InChI is InChI=1S/C32H39N5O6/c1-19(2)15-25-31(41)35-26(17-22-18-34-24-12-8-7-11-23(22)24)30(40)33-14-13-28(39)43-20(3)29(32(42)36-25)37-27(38)16-21-9-5-4-6-10-21/h4-12,18-20,25-26,29,34H,13-17H2,1-3H3,(H,33,40)(H,35,41)(H,36,42)(H,37,38). The lowest BCUT2D eigenvalue weighted by molar-refractivity contribution is -0.152. The number of benzene rings is 2. The molecule has 0 radical (unpaired) electrons. The molecule has 1 aliphatic heterocycles. The van der Waals surface area contributed by atoms with Gasteiger partial charge >= 0.3 is 5.97 Å². The van der Waals surface area contributed by atoms with E-state index in [1.54, 1.807) is 30.5 Å². The lowest BCUT2D eigenvalue weighted by atomic mass is 10.00. The first-order valence-corrected chi connectivity index (χ1v) is 14.6. The predicted octanol–water partition coefficient (Wildman–Crippen LogP) is 1.91. The number of para-hydroxylation sites is 1. The topological polar surface area (TPSA) is 158 Å². The van der Waals surface area contributed by atoms with Gasteiger partial charge in [-0.25, -0.2) is 0 Å². The van der Waals surface area contributed by atoms with Crippen LogP contribution < -0.4 is 21.3 Å². The highest BCUT2D eigenvalue weighted by molar-refractivity contribution is 5.95. The van der Waals surface area contributed by atoms with E-state index in [9.17, 15) is 24.0 Å². The molecule has 0 bridgehead atoms. The van der Waals surface area contributed by atoms with Crippen molar-refractivity contribution < 1.29 is 28.7 Å². The number of fused-ring (bicyclic) bond motifs is 1. The van der Waals surface area contributed by atoms with Crippen molar-refractivity contribution in [2.75, 3.05) is 6.54 Å². The number of hydrogen-bond acceptors (Lipinski definition) is 6. The van der Waals surface area contributed by atoms with Gasteiger partial charge < -0.3 is 31.0 Å². The Balaban J connectivity index is 1.58. The van der Waals surface area contributed by atoms with Gasteiger partial charge in [-0.15, -0.1) is 0 Å². The molecule has 4 amide bonds. The van der Waals surface area contributed by atoms with Crippen LogP contribution in [0.3, 0.4) is 0 Å². The quantitative estimate of drug-likeness (QED) is 0.265. The van der Waals surface area contributed by atoms with E-state index in [0.717, 1.165) is 22.0 Å². The van der Waals surface area contributed by atoms with E-state index in [0.29, 0.717) is 0 Å². The third-order valence-corrected chi connectivity index (χ3v) is 7.29. The van der Waals surface area contributed by atoms with Gasteiger partial charge in [-0.2, -0.15) is 0 Å². The van der Waals surface area contributed by atoms with E-state index in [2.05, 4.69) is 26.3 Å². The van der Waals surface area contributed by atoms with Gasteiger partial charge in [0.1, 0.15) is 24.2 Å². The summed E-state index contributed by atoms with van der Waals surface area (Å²) in [6, 6.07) is 13.4. The van der Waals surface area contributed by atoms with Crippen LogP contribution in [-0.2, 0) is 41.6 Å². The summed E-state index contributed by atoms with van der Waals surface area (Å²) in [4.78, 5) is 69.2. The fourth-order valence-corrected chi connectivity index (χ4v) is 5.11. The Kier molecular flexibility index (Phi) is 10.5. The van der Waals surface area contributed by atoms with Crippen molar-refractivity contribution in [3.05, 3.63) is 71.9 Å². The van der Waals surface area contributed by atoms with E-state index < -0.39 is 53.8 Å². The molecule has 4 unspecified atom stereocenters. The smallest absolute Gasteiger partial charge is 0.307 e. The second-order valence-electron chi connectivity index (χ2n) is 11.3. The second kappa shape index (κ2) is 14.5. The number of cyclic esters (lactones) is 1. The van der Waals surface area contributed by atoms with E-state index in [4.69, 9.17) is 4.74 Å². The highest BCUT2D eigenvalue weighted by Crippen LogP contribution is 2.19. The molecule has 5 N–H and O–H groups in total. The van der Waals surface area contributed by atoms with Crippen LogP contribution in [0.15, 0.2) is 60.8 Å². The Morgan fingerprint density at radius 2 is 1.63 bits per heavy atom. The maximum atomic E-state index is 13.6. The largest absolute Gasteiger partial charge is 0.460 e. The van der Waals surface area contributed by atoms with Crippen molar-refractivity contribution in [3.63, 3.8) is 0 Å². The van der Waals surface area contributed by atoms with Gasteiger partial charge in [0.05, 0.1) is 12.8 Å². The van der Waals surface area contributed by atoms with Crippen molar-refractivity contribution in [1.82, 2.24) is 26.3 Å². The molecule has 11 nitrogen and oxygen atoms in total. The Bertz CT molecular complexity index is 1450. The minimum Gasteiger partial charge on any atom is -0.460 e. The van der Waals surface area contributed by atoms with Gasteiger partial charge in [-0.1, -0.05) is 62.4 Å². The van der Waals surface area contributed by atoms with Crippen LogP contribution in [0.1, 0.15) is 44.7 Å². The van der Waals surface area contributed by atoms with E-state index >= 15 is 0 Å². The van der Waals surface area contributed by atoms with Gasteiger partial charge in [-0.05, 0) is 36.5 Å². The van der Waals surface area contributed by atoms with Crippen LogP contribution in [0.2, 0.25) is 0 Å². The number of amides is 4. The summed E-state index contributed by atoms with van der Waals surface area (Å²) < 4.78 is 5.50. The van der Waals surface area contributed by atoms with E-state index in [-0.39, 0.29) is 38.1 Å². The van der Waals surface area contributed by atoms with Gasteiger partial charge in [0, 0.05) is 30.1 Å². The molecular formula is C32H39N5O6. The first-order valence-electron chi connectivity index (χ1n) is 14.6. The molecule has 1 fully saturated rings.